The van der Waals surface area contributed by atoms with E-state index in [1.54, 1.807) is 0 Å². The molecule has 0 radical (unpaired) electrons. The van der Waals surface area contributed by atoms with E-state index >= 15 is 0 Å². The summed E-state index contributed by atoms with van der Waals surface area (Å²) in [5.74, 6) is 0.710. The number of thioether (sulfide) groups is 1. The second-order valence-corrected chi connectivity index (χ2v) is 9.32. The molecule has 3 rings (SSSR count). The molecule has 1 N–H and O–H groups in total. The molecule has 1 fully saturated rings. The minimum Gasteiger partial charge on any atom is -0.351 e. The Bertz CT molecular complexity index is 849. The summed E-state index contributed by atoms with van der Waals surface area (Å²) in [7, 11) is 1.92. The van der Waals surface area contributed by atoms with Gasteiger partial charge in [0.2, 0.25) is 5.91 Å². The van der Waals surface area contributed by atoms with Crippen LogP contribution in [0, 0.1) is 0 Å². The molecular formula is C26H34N2O2S. The summed E-state index contributed by atoms with van der Waals surface area (Å²) in [4.78, 5) is 28.4. The number of amides is 2. The van der Waals surface area contributed by atoms with Gasteiger partial charge in [-0.05, 0) is 37.0 Å². The highest BCUT2D eigenvalue weighted by atomic mass is 32.2. The first-order chi connectivity index (χ1) is 15.1. The second kappa shape index (κ2) is 11.9. The van der Waals surface area contributed by atoms with Crippen molar-refractivity contribution in [3.63, 3.8) is 0 Å². The number of hydrogen-bond acceptors (Lipinski definition) is 3. The van der Waals surface area contributed by atoms with Crippen LogP contribution in [0.5, 0.6) is 0 Å². The van der Waals surface area contributed by atoms with Crippen molar-refractivity contribution in [2.24, 2.45) is 0 Å². The first-order valence-electron chi connectivity index (χ1n) is 11.4. The Morgan fingerprint density at radius 1 is 1.03 bits per heavy atom. The zero-order valence-electron chi connectivity index (χ0n) is 18.7. The van der Waals surface area contributed by atoms with Crippen molar-refractivity contribution in [1.82, 2.24) is 10.2 Å². The van der Waals surface area contributed by atoms with E-state index in [4.69, 9.17) is 0 Å². The van der Waals surface area contributed by atoms with E-state index in [1.165, 1.54) is 36.6 Å². The van der Waals surface area contributed by atoms with Crippen molar-refractivity contribution < 1.29 is 9.59 Å². The zero-order chi connectivity index (χ0) is 22.1. The molecule has 0 saturated heterocycles. The summed E-state index contributed by atoms with van der Waals surface area (Å²) < 4.78 is 0. The number of nitrogens with one attached hydrogen (secondary N) is 1. The fraction of sp³-hybridized carbons (Fsp3) is 0.462. The van der Waals surface area contributed by atoms with E-state index in [9.17, 15) is 9.59 Å². The van der Waals surface area contributed by atoms with Gasteiger partial charge in [0, 0.05) is 30.4 Å². The fourth-order valence-corrected chi connectivity index (χ4v) is 5.20. The maximum atomic E-state index is 12.9. The van der Waals surface area contributed by atoms with Gasteiger partial charge in [0.1, 0.15) is 0 Å². The largest absolute Gasteiger partial charge is 0.351 e. The van der Waals surface area contributed by atoms with Crippen LogP contribution in [0.3, 0.4) is 0 Å². The van der Waals surface area contributed by atoms with Crippen molar-refractivity contribution in [1.29, 1.82) is 0 Å². The molecular weight excluding hydrogens is 404 g/mol. The van der Waals surface area contributed by atoms with Crippen molar-refractivity contribution in [3.8, 4) is 0 Å². The van der Waals surface area contributed by atoms with Crippen LogP contribution in [0.1, 0.15) is 67.3 Å². The molecule has 1 atom stereocenters. The Labute approximate surface area is 190 Å². The van der Waals surface area contributed by atoms with Crippen LogP contribution in [0.15, 0.2) is 59.5 Å². The smallest absolute Gasteiger partial charge is 0.252 e. The predicted molar refractivity (Wildman–Crippen MR) is 129 cm³/mol. The van der Waals surface area contributed by atoms with E-state index in [0.717, 1.165) is 24.2 Å². The average Bonchev–Trinajstić information content (AvgIpc) is 2.83. The van der Waals surface area contributed by atoms with E-state index in [0.29, 0.717) is 23.9 Å². The van der Waals surface area contributed by atoms with Gasteiger partial charge >= 0.3 is 0 Å². The maximum absolute atomic E-state index is 12.9. The van der Waals surface area contributed by atoms with Crippen molar-refractivity contribution in [2.75, 3.05) is 19.3 Å². The molecule has 1 aliphatic carbocycles. The highest BCUT2D eigenvalue weighted by molar-refractivity contribution is 8.00. The lowest BCUT2D eigenvalue weighted by molar-refractivity contribution is -0.129. The van der Waals surface area contributed by atoms with E-state index in [2.05, 4.69) is 24.4 Å². The lowest BCUT2D eigenvalue weighted by Gasteiger charge is -2.31. The molecule has 2 aromatic carbocycles. The molecule has 0 bridgehead atoms. The van der Waals surface area contributed by atoms with Crippen molar-refractivity contribution in [3.05, 3.63) is 65.7 Å². The Morgan fingerprint density at radius 2 is 1.71 bits per heavy atom. The van der Waals surface area contributed by atoms with E-state index < -0.39 is 0 Å². The molecule has 4 nitrogen and oxygen atoms in total. The number of hydrogen-bond donors (Lipinski definition) is 1. The molecule has 166 valence electrons. The number of carbonyl (C=O) groups is 2. The first kappa shape index (κ1) is 23.4. The summed E-state index contributed by atoms with van der Waals surface area (Å²) in [6, 6.07) is 18.2. The number of nitrogens with zero attached hydrogens (tertiary/aromatic N) is 1. The summed E-state index contributed by atoms with van der Waals surface area (Å²) in [5.41, 5.74) is 1.88. The van der Waals surface area contributed by atoms with E-state index in [1.807, 2.05) is 54.4 Å². The third-order valence-electron chi connectivity index (χ3n) is 6.27. The van der Waals surface area contributed by atoms with Crippen LogP contribution in [-0.2, 0) is 4.79 Å². The molecule has 0 spiro atoms. The van der Waals surface area contributed by atoms with Gasteiger partial charge in [-0.3, -0.25) is 9.59 Å². The summed E-state index contributed by atoms with van der Waals surface area (Å²) in [5, 5.41) is 3.10. The molecule has 2 aromatic rings. The standard InChI is InChI=1S/C26H34N2O2S/c1-3-20(21-12-6-4-7-13-21)18-27-26(30)23-16-10-11-17-24(23)31-19-25(29)28(2)22-14-8-5-9-15-22/h4,6-7,10-13,16-17,20,22H,3,5,8-9,14-15,18-19H2,1-2H3,(H,27,30). The van der Waals surface area contributed by atoms with Crippen LogP contribution in [0.25, 0.3) is 0 Å². The summed E-state index contributed by atoms with van der Waals surface area (Å²) >= 11 is 1.46. The van der Waals surface area contributed by atoms with Gasteiger partial charge in [0.15, 0.2) is 0 Å². The fourth-order valence-electron chi connectivity index (χ4n) is 4.23. The molecule has 1 saturated carbocycles. The topological polar surface area (TPSA) is 49.4 Å². The minimum atomic E-state index is -0.0782. The lowest BCUT2D eigenvalue weighted by atomic mass is 9.94. The van der Waals surface area contributed by atoms with Crippen LogP contribution >= 0.6 is 11.8 Å². The van der Waals surface area contributed by atoms with Gasteiger partial charge in [-0.15, -0.1) is 11.8 Å². The second-order valence-electron chi connectivity index (χ2n) is 8.31. The van der Waals surface area contributed by atoms with Gasteiger partial charge in [-0.25, -0.2) is 0 Å². The highest BCUT2D eigenvalue weighted by Crippen LogP contribution is 2.26. The third kappa shape index (κ3) is 6.60. The van der Waals surface area contributed by atoms with Crippen molar-refractivity contribution >= 4 is 23.6 Å². The molecule has 1 unspecified atom stereocenters. The molecule has 0 aromatic heterocycles. The van der Waals surface area contributed by atoms with E-state index in [-0.39, 0.29) is 17.7 Å². The Hall–Kier alpha value is -2.27. The molecule has 5 heteroatoms. The number of carbonyl (C=O) groups excluding carboxylic acids is 2. The minimum absolute atomic E-state index is 0.0782. The zero-order valence-corrected chi connectivity index (χ0v) is 19.5. The normalized spacial score (nSPS) is 15.3. The molecule has 0 heterocycles. The van der Waals surface area contributed by atoms with Gasteiger partial charge in [0.05, 0.1) is 11.3 Å². The van der Waals surface area contributed by atoms with Crippen LogP contribution in [0.2, 0.25) is 0 Å². The van der Waals surface area contributed by atoms with Gasteiger partial charge in [-0.2, -0.15) is 0 Å². The number of rotatable bonds is 9. The Kier molecular flexibility index (Phi) is 9.01. The van der Waals surface area contributed by atoms with Gasteiger partial charge in [0.25, 0.3) is 5.91 Å². The SMILES string of the molecule is CCC(CNC(=O)c1ccccc1SCC(=O)N(C)C1CCCCC1)c1ccccc1. The van der Waals surface area contributed by atoms with Gasteiger partial charge < -0.3 is 10.2 Å². The van der Waals surface area contributed by atoms with Gasteiger partial charge in [-0.1, -0.05) is 68.7 Å². The molecule has 1 aliphatic rings. The maximum Gasteiger partial charge on any atom is 0.252 e. The molecule has 0 aliphatic heterocycles. The summed E-state index contributed by atoms with van der Waals surface area (Å²) in [6.45, 7) is 2.74. The Balaban J connectivity index is 1.57. The average molecular weight is 439 g/mol. The Morgan fingerprint density at radius 3 is 2.42 bits per heavy atom. The molecule has 2 amide bonds. The van der Waals surface area contributed by atoms with Crippen molar-refractivity contribution in [2.45, 2.75) is 62.3 Å². The third-order valence-corrected chi connectivity index (χ3v) is 7.33. The van der Waals surface area contributed by atoms with Crippen LogP contribution < -0.4 is 5.32 Å². The quantitative estimate of drug-likeness (QED) is 0.527. The molecule has 31 heavy (non-hydrogen) atoms. The highest BCUT2D eigenvalue weighted by Gasteiger charge is 2.22. The summed E-state index contributed by atoms with van der Waals surface area (Å²) in [6.07, 6.45) is 6.86. The number of benzene rings is 2. The monoisotopic (exact) mass is 438 g/mol. The first-order valence-corrected chi connectivity index (χ1v) is 12.4. The van der Waals surface area contributed by atoms with Crippen LogP contribution in [0.4, 0.5) is 0 Å². The van der Waals surface area contributed by atoms with Crippen LogP contribution in [-0.4, -0.2) is 42.1 Å². The lowest BCUT2D eigenvalue weighted by Crippen LogP contribution is -2.39. The predicted octanol–water partition coefficient (Wildman–Crippen LogP) is 5.49.